The molecule has 0 saturated carbocycles. The molecule has 0 aromatic rings. The molecule has 0 aromatic carbocycles. The third-order valence-electron chi connectivity index (χ3n) is 2.18. The van der Waals surface area contributed by atoms with E-state index in [-0.39, 0.29) is 30.3 Å². The van der Waals surface area contributed by atoms with Crippen LogP contribution in [0.1, 0.15) is 40.5 Å². The van der Waals surface area contributed by atoms with Crippen molar-refractivity contribution in [1.82, 2.24) is 10.6 Å². The maximum absolute atomic E-state index is 11.5. The van der Waals surface area contributed by atoms with Gasteiger partial charge < -0.3 is 15.7 Å². The zero-order chi connectivity index (χ0) is 13.5. The second-order valence-electron chi connectivity index (χ2n) is 5.41. The van der Waals surface area contributed by atoms with Gasteiger partial charge in [-0.3, -0.25) is 9.59 Å². The van der Waals surface area contributed by atoms with Gasteiger partial charge >= 0.3 is 5.97 Å². The van der Waals surface area contributed by atoms with E-state index in [0.29, 0.717) is 6.42 Å². The lowest BCUT2D eigenvalue weighted by Crippen LogP contribution is -2.43. The highest BCUT2D eigenvalue weighted by atomic mass is 16.4. The molecule has 5 nitrogen and oxygen atoms in total. The van der Waals surface area contributed by atoms with Gasteiger partial charge in [-0.15, -0.1) is 0 Å². The third-order valence-corrected chi connectivity index (χ3v) is 2.18. The second kappa shape index (κ2) is 7.27. The number of amides is 1. The molecule has 0 heterocycles. The Kier molecular flexibility index (Phi) is 6.80. The number of carbonyl (C=O) groups is 2. The summed E-state index contributed by atoms with van der Waals surface area (Å²) in [5.41, 5.74) is -0.00835. The first-order valence-electron chi connectivity index (χ1n) is 5.96. The summed E-state index contributed by atoms with van der Waals surface area (Å²) in [6.45, 7) is 8.94. The SMILES string of the molecule is CCNCC(=O)NC(CC(=O)O)CC(C)(C)C. The zero-order valence-electron chi connectivity index (χ0n) is 11.2. The van der Waals surface area contributed by atoms with Crippen LogP contribution in [-0.2, 0) is 9.59 Å². The quantitative estimate of drug-likeness (QED) is 0.624. The summed E-state index contributed by atoms with van der Waals surface area (Å²) in [7, 11) is 0. The van der Waals surface area contributed by atoms with E-state index in [1.54, 1.807) is 0 Å². The van der Waals surface area contributed by atoms with E-state index < -0.39 is 5.97 Å². The van der Waals surface area contributed by atoms with E-state index in [0.717, 1.165) is 6.54 Å². The molecule has 1 atom stereocenters. The molecular weight excluding hydrogens is 220 g/mol. The van der Waals surface area contributed by atoms with Gasteiger partial charge in [-0.25, -0.2) is 0 Å². The van der Waals surface area contributed by atoms with E-state index in [1.165, 1.54) is 0 Å². The molecule has 17 heavy (non-hydrogen) atoms. The Labute approximate surface area is 103 Å². The van der Waals surface area contributed by atoms with E-state index in [9.17, 15) is 9.59 Å². The van der Waals surface area contributed by atoms with Crippen LogP contribution in [0.15, 0.2) is 0 Å². The van der Waals surface area contributed by atoms with Crippen LogP contribution in [0.4, 0.5) is 0 Å². The predicted molar refractivity (Wildman–Crippen MR) is 66.8 cm³/mol. The van der Waals surface area contributed by atoms with Gasteiger partial charge in [0.1, 0.15) is 0 Å². The monoisotopic (exact) mass is 244 g/mol. The largest absolute Gasteiger partial charge is 0.481 e. The molecule has 0 saturated heterocycles. The molecule has 100 valence electrons. The van der Waals surface area contributed by atoms with E-state index >= 15 is 0 Å². The van der Waals surface area contributed by atoms with E-state index in [4.69, 9.17) is 5.11 Å². The van der Waals surface area contributed by atoms with E-state index in [1.807, 2.05) is 27.7 Å². The Hall–Kier alpha value is -1.10. The minimum Gasteiger partial charge on any atom is -0.481 e. The van der Waals surface area contributed by atoms with Crippen LogP contribution in [-0.4, -0.2) is 36.1 Å². The first-order valence-corrected chi connectivity index (χ1v) is 5.96. The van der Waals surface area contributed by atoms with Gasteiger partial charge in [0.2, 0.25) is 5.91 Å². The molecular formula is C12H24N2O3. The fraction of sp³-hybridized carbons (Fsp3) is 0.833. The zero-order valence-corrected chi connectivity index (χ0v) is 11.2. The number of nitrogens with one attached hydrogen (secondary N) is 2. The van der Waals surface area contributed by atoms with Crippen molar-refractivity contribution in [1.29, 1.82) is 0 Å². The van der Waals surface area contributed by atoms with Crippen molar-refractivity contribution in [3.05, 3.63) is 0 Å². The van der Waals surface area contributed by atoms with E-state index in [2.05, 4.69) is 10.6 Å². The van der Waals surface area contributed by atoms with Crippen molar-refractivity contribution in [2.45, 2.75) is 46.6 Å². The van der Waals surface area contributed by atoms with Crippen molar-refractivity contribution in [3.63, 3.8) is 0 Å². The maximum Gasteiger partial charge on any atom is 0.305 e. The highest BCUT2D eigenvalue weighted by molar-refractivity contribution is 5.79. The van der Waals surface area contributed by atoms with Gasteiger partial charge in [-0.2, -0.15) is 0 Å². The standard InChI is InChI=1S/C12H24N2O3/c1-5-13-8-10(15)14-9(6-11(16)17)7-12(2,3)4/h9,13H,5-8H2,1-4H3,(H,14,15)(H,16,17). The summed E-state index contributed by atoms with van der Waals surface area (Å²) < 4.78 is 0. The van der Waals surface area contributed by atoms with Crippen LogP contribution in [0.25, 0.3) is 0 Å². The molecule has 0 aliphatic carbocycles. The summed E-state index contributed by atoms with van der Waals surface area (Å²) in [4.78, 5) is 22.2. The van der Waals surface area contributed by atoms with Gasteiger partial charge in [0, 0.05) is 6.04 Å². The van der Waals surface area contributed by atoms with Crippen LogP contribution < -0.4 is 10.6 Å². The third kappa shape index (κ3) is 9.81. The molecule has 1 amide bonds. The van der Waals surface area contributed by atoms with Gasteiger partial charge in [0.25, 0.3) is 0 Å². The van der Waals surface area contributed by atoms with Crippen LogP contribution >= 0.6 is 0 Å². The van der Waals surface area contributed by atoms with Crippen molar-refractivity contribution in [2.75, 3.05) is 13.1 Å². The van der Waals surface area contributed by atoms with Crippen LogP contribution in [0.5, 0.6) is 0 Å². The smallest absolute Gasteiger partial charge is 0.305 e. The highest BCUT2D eigenvalue weighted by Crippen LogP contribution is 2.22. The Morgan fingerprint density at radius 2 is 1.88 bits per heavy atom. The van der Waals surface area contributed by atoms with Gasteiger partial charge in [-0.05, 0) is 18.4 Å². The lowest BCUT2D eigenvalue weighted by Gasteiger charge is -2.25. The van der Waals surface area contributed by atoms with Crippen molar-refractivity contribution < 1.29 is 14.7 Å². The lowest BCUT2D eigenvalue weighted by molar-refractivity contribution is -0.137. The summed E-state index contributed by atoms with van der Waals surface area (Å²) in [6, 6.07) is -0.307. The molecule has 0 fully saturated rings. The van der Waals surface area contributed by atoms with Gasteiger partial charge in [0.05, 0.1) is 13.0 Å². The minimum atomic E-state index is -0.886. The van der Waals surface area contributed by atoms with Crippen LogP contribution in [0.2, 0.25) is 0 Å². The Bertz CT molecular complexity index is 259. The fourth-order valence-electron chi connectivity index (χ4n) is 1.64. The molecule has 0 aliphatic heterocycles. The number of carbonyl (C=O) groups excluding carboxylic acids is 1. The van der Waals surface area contributed by atoms with Crippen molar-refractivity contribution in [3.8, 4) is 0 Å². The number of carboxylic acids is 1. The first-order chi connectivity index (χ1) is 7.74. The molecule has 0 aromatic heterocycles. The van der Waals surface area contributed by atoms with Crippen LogP contribution in [0, 0.1) is 5.41 Å². The second-order valence-corrected chi connectivity index (χ2v) is 5.41. The first kappa shape index (κ1) is 15.9. The molecule has 1 unspecified atom stereocenters. The molecule has 0 aliphatic rings. The average molecular weight is 244 g/mol. The fourth-order valence-corrected chi connectivity index (χ4v) is 1.64. The number of carboxylic acid groups (broad SMARTS) is 1. The molecule has 0 spiro atoms. The molecule has 0 bridgehead atoms. The maximum atomic E-state index is 11.5. The van der Waals surface area contributed by atoms with Gasteiger partial charge in [0.15, 0.2) is 0 Å². The Morgan fingerprint density at radius 3 is 2.29 bits per heavy atom. The number of hydrogen-bond acceptors (Lipinski definition) is 3. The average Bonchev–Trinajstić information content (AvgIpc) is 2.10. The number of likely N-dealkylation sites (N-methyl/N-ethyl adjacent to an activating group) is 1. The molecule has 3 N–H and O–H groups in total. The van der Waals surface area contributed by atoms with Crippen LogP contribution in [0.3, 0.4) is 0 Å². The molecule has 5 heteroatoms. The molecule has 0 rings (SSSR count). The summed E-state index contributed by atoms with van der Waals surface area (Å²) in [5, 5.41) is 14.5. The highest BCUT2D eigenvalue weighted by Gasteiger charge is 2.22. The summed E-state index contributed by atoms with van der Waals surface area (Å²) in [6.07, 6.45) is 0.617. The molecule has 0 radical (unpaired) electrons. The number of hydrogen-bond donors (Lipinski definition) is 3. The number of aliphatic carboxylic acids is 1. The number of rotatable bonds is 7. The normalized spacial score (nSPS) is 13.2. The van der Waals surface area contributed by atoms with Crippen molar-refractivity contribution in [2.24, 2.45) is 5.41 Å². The Balaban J connectivity index is 4.28. The van der Waals surface area contributed by atoms with Gasteiger partial charge in [-0.1, -0.05) is 27.7 Å². The Morgan fingerprint density at radius 1 is 1.29 bits per heavy atom. The minimum absolute atomic E-state index is 0.00835. The summed E-state index contributed by atoms with van der Waals surface area (Å²) >= 11 is 0. The topological polar surface area (TPSA) is 78.4 Å². The lowest BCUT2D eigenvalue weighted by atomic mass is 9.87. The predicted octanol–water partition coefficient (Wildman–Crippen LogP) is 0.992. The van der Waals surface area contributed by atoms with Crippen molar-refractivity contribution >= 4 is 11.9 Å². The summed E-state index contributed by atoms with van der Waals surface area (Å²) in [5.74, 6) is -1.04.